The summed E-state index contributed by atoms with van der Waals surface area (Å²) in [6.07, 6.45) is -4.62. The van der Waals surface area contributed by atoms with Crippen LogP contribution in [0.3, 0.4) is 0 Å². The first-order valence-corrected chi connectivity index (χ1v) is 4.18. The molecule has 0 radical (unpaired) electrons. The number of rotatable bonds is 1. The fourth-order valence-corrected chi connectivity index (χ4v) is 1.02. The van der Waals surface area contributed by atoms with Crippen molar-refractivity contribution < 1.29 is 22.0 Å². The summed E-state index contributed by atoms with van der Waals surface area (Å²) in [4.78, 5) is 0. The molecule has 0 aromatic rings. The summed E-state index contributed by atoms with van der Waals surface area (Å²) in [6, 6.07) is 0. The maximum Gasteiger partial charge on any atom is 0.458 e. The SMILES string of the molecule is CC1(N)NC=C(C(F)(F)C(F)(F)F)C=C1N. The number of nitrogens with one attached hydrogen (secondary N) is 1. The summed E-state index contributed by atoms with van der Waals surface area (Å²) in [6.45, 7) is 1.35. The Labute approximate surface area is 88.0 Å². The van der Waals surface area contributed by atoms with Gasteiger partial charge in [-0.25, -0.2) is 0 Å². The van der Waals surface area contributed by atoms with Gasteiger partial charge in [-0.3, -0.25) is 0 Å². The monoisotopic (exact) mass is 243 g/mol. The first-order chi connectivity index (χ1) is 6.98. The minimum atomic E-state index is -5.67. The van der Waals surface area contributed by atoms with E-state index in [-0.39, 0.29) is 5.70 Å². The van der Waals surface area contributed by atoms with E-state index >= 15 is 0 Å². The van der Waals surface area contributed by atoms with Crippen molar-refractivity contribution in [3.8, 4) is 0 Å². The number of nitrogens with two attached hydrogens (primary N) is 2. The molecule has 5 N–H and O–H groups in total. The topological polar surface area (TPSA) is 64.1 Å². The summed E-state index contributed by atoms with van der Waals surface area (Å²) in [5.74, 6) is -4.96. The van der Waals surface area contributed by atoms with Crippen molar-refractivity contribution in [2.75, 3.05) is 0 Å². The van der Waals surface area contributed by atoms with Gasteiger partial charge in [-0.2, -0.15) is 22.0 Å². The molecule has 0 aliphatic carbocycles. The highest BCUT2D eigenvalue weighted by molar-refractivity contribution is 5.37. The number of alkyl halides is 5. The van der Waals surface area contributed by atoms with Crippen LogP contribution in [-0.2, 0) is 0 Å². The molecule has 0 spiro atoms. The van der Waals surface area contributed by atoms with Crippen LogP contribution in [-0.4, -0.2) is 17.8 Å². The van der Waals surface area contributed by atoms with Crippen LogP contribution >= 0.6 is 0 Å². The van der Waals surface area contributed by atoms with Crippen LogP contribution in [0.15, 0.2) is 23.5 Å². The molecule has 16 heavy (non-hydrogen) atoms. The van der Waals surface area contributed by atoms with Crippen molar-refractivity contribution >= 4 is 0 Å². The van der Waals surface area contributed by atoms with Gasteiger partial charge in [0.15, 0.2) is 0 Å². The first kappa shape index (κ1) is 12.8. The van der Waals surface area contributed by atoms with E-state index in [4.69, 9.17) is 11.5 Å². The predicted molar refractivity (Wildman–Crippen MR) is 47.1 cm³/mol. The van der Waals surface area contributed by atoms with Gasteiger partial charge in [-0.15, -0.1) is 0 Å². The zero-order valence-electron chi connectivity index (χ0n) is 8.20. The second kappa shape index (κ2) is 3.34. The Morgan fingerprint density at radius 1 is 1.25 bits per heavy atom. The van der Waals surface area contributed by atoms with Gasteiger partial charge in [0.25, 0.3) is 0 Å². The Morgan fingerprint density at radius 2 is 1.75 bits per heavy atom. The van der Waals surface area contributed by atoms with E-state index in [9.17, 15) is 22.0 Å². The largest absolute Gasteiger partial charge is 0.458 e. The fourth-order valence-electron chi connectivity index (χ4n) is 1.02. The van der Waals surface area contributed by atoms with Crippen molar-refractivity contribution in [1.29, 1.82) is 0 Å². The summed E-state index contributed by atoms with van der Waals surface area (Å²) in [5, 5.41) is 2.18. The minimum absolute atomic E-state index is 0.297. The average Bonchev–Trinajstić information content (AvgIpc) is 2.07. The van der Waals surface area contributed by atoms with Gasteiger partial charge in [-0.05, 0) is 13.0 Å². The first-order valence-electron chi connectivity index (χ1n) is 4.18. The quantitative estimate of drug-likeness (QED) is 0.606. The minimum Gasteiger partial charge on any atom is -0.399 e. The molecule has 0 bridgehead atoms. The van der Waals surface area contributed by atoms with E-state index < -0.39 is 23.3 Å². The highest BCUT2D eigenvalue weighted by atomic mass is 19.4. The van der Waals surface area contributed by atoms with Crippen LogP contribution in [0, 0.1) is 0 Å². The van der Waals surface area contributed by atoms with Crippen LogP contribution in [0.2, 0.25) is 0 Å². The molecule has 1 heterocycles. The molecule has 8 heteroatoms. The molecule has 0 fully saturated rings. The van der Waals surface area contributed by atoms with E-state index in [1.165, 1.54) is 6.92 Å². The van der Waals surface area contributed by atoms with Crippen molar-refractivity contribution in [3.05, 3.63) is 23.5 Å². The molecular weight excluding hydrogens is 233 g/mol. The van der Waals surface area contributed by atoms with Crippen molar-refractivity contribution in [1.82, 2.24) is 5.32 Å². The molecule has 0 aromatic heterocycles. The van der Waals surface area contributed by atoms with E-state index in [0.717, 1.165) is 0 Å². The maximum atomic E-state index is 12.9. The smallest absolute Gasteiger partial charge is 0.399 e. The molecular formula is C8H10F5N3. The van der Waals surface area contributed by atoms with Gasteiger partial charge < -0.3 is 16.8 Å². The Bertz CT molecular complexity index is 353. The molecule has 0 aromatic carbocycles. The average molecular weight is 243 g/mol. The number of allylic oxidation sites excluding steroid dienone is 2. The lowest BCUT2D eigenvalue weighted by Crippen LogP contribution is -2.55. The summed E-state index contributed by atoms with van der Waals surface area (Å²) in [7, 11) is 0. The lowest BCUT2D eigenvalue weighted by Gasteiger charge is -2.32. The Balaban J connectivity index is 3.08. The van der Waals surface area contributed by atoms with Crippen molar-refractivity contribution in [3.63, 3.8) is 0 Å². The summed E-state index contributed by atoms with van der Waals surface area (Å²) >= 11 is 0. The Morgan fingerprint density at radius 3 is 2.12 bits per heavy atom. The zero-order valence-corrected chi connectivity index (χ0v) is 8.20. The van der Waals surface area contributed by atoms with Crippen molar-refractivity contribution in [2.45, 2.75) is 24.7 Å². The van der Waals surface area contributed by atoms with Gasteiger partial charge in [-0.1, -0.05) is 0 Å². The number of hydrogen-bond acceptors (Lipinski definition) is 3. The van der Waals surface area contributed by atoms with Gasteiger partial charge >= 0.3 is 12.1 Å². The van der Waals surface area contributed by atoms with Gasteiger partial charge in [0.05, 0.1) is 0 Å². The maximum absolute atomic E-state index is 12.9. The third kappa shape index (κ3) is 1.97. The van der Waals surface area contributed by atoms with E-state index in [1.54, 1.807) is 0 Å². The van der Waals surface area contributed by atoms with Crippen LogP contribution in [0.5, 0.6) is 0 Å². The van der Waals surface area contributed by atoms with Crippen LogP contribution in [0.1, 0.15) is 6.92 Å². The highest BCUT2D eigenvalue weighted by Crippen LogP contribution is 2.42. The third-order valence-electron chi connectivity index (χ3n) is 2.16. The van der Waals surface area contributed by atoms with Gasteiger partial charge in [0.2, 0.25) is 0 Å². The molecule has 92 valence electrons. The second-order valence-corrected chi connectivity index (χ2v) is 3.62. The van der Waals surface area contributed by atoms with Crippen molar-refractivity contribution in [2.24, 2.45) is 11.5 Å². The molecule has 1 aliphatic rings. The van der Waals surface area contributed by atoms with Gasteiger partial charge in [0, 0.05) is 17.5 Å². The van der Waals surface area contributed by atoms with E-state index in [1.807, 2.05) is 0 Å². The molecule has 1 aliphatic heterocycles. The van der Waals surface area contributed by atoms with E-state index in [2.05, 4.69) is 5.32 Å². The molecule has 3 nitrogen and oxygen atoms in total. The number of hydrogen-bond donors (Lipinski definition) is 3. The van der Waals surface area contributed by atoms with Gasteiger partial charge in [0.1, 0.15) is 5.66 Å². The standard InChI is InChI=1S/C8H10F5N3/c1-6(15)5(14)2-4(3-16-6)7(9,10)8(11,12)13/h2-3,16H,14-15H2,1H3. The molecule has 1 rings (SSSR count). The summed E-state index contributed by atoms with van der Waals surface area (Å²) in [5.41, 5.74) is 7.85. The molecule has 0 saturated heterocycles. The molecule has 0 amide bonds. The normalized spacial score (nSPS) is 26.9. The van der Waals surface area contributed by atoms with Crippen LogP contribution in [0.4, 0.5) is 22.0 Å². The number of halogens is 5. The van der Waals surface area contributed by atoms with Crippen LogP contribution in [0.25, 0.3) is 0 Å². The predicted octanol–water partition coefficient (Wildman–Crippen LogP) is 1.19. The van der Waals surface area contributed by atoms with E-state index in [0.29, 0.717) is 12.3 Å². The zero-order chi connectivity index (χ0) is 12.8. The lowest BCUT2D eigenvalue weighted by molar-refractivity contribution is -0.263. The number of dihydropyridines is 1. The molecule has 1 unspecified atom stereocenters. The lowest BCUT2D eigenvalue weighted by atomic mass is 9.99. The Kier molecular flexibility index (Phi) is 2.66. The highest BCUT2D eigenvalue weighted by Gasteiger charge is 2.60. The van der Waals surface area contributed by atoms with Crippen LogP contribution < -0.4 is 16.8 Å². The molecule has 1 atom stereocenters. The molecule has 0 saturated carbocycles. The third-order valence-corrected chi connectivity index (χ3v) is 2.16. The fraction of sp³-hybridized carbons (Fsp3) is 0.500. The summed E-state index contributed by atoms with van der Waals surface area (Å²) < 4.78 is 61.8. The Hall–Kier alpha value is -1.31. The second-order valence-electron chi connectivity index (χ2n) is 3.62.